The SMILES string of the molecule is Cc1noc(-c2ccc(C(=O)Nc3ccc(CC#N)cc3)cc2)n1. The van der Waals surface area contributed by atoms with Crippen LogP contribution in [0.5, 0.6) is 0 Å². The monoisotopic (exact) mass is 318 g/mol. The predicted molar refractivity (Wildman–Crippen MR) is 88.2 cm³/mol. The lowest BCUT2D eigenvalue weighted by Crippen LogP contribution is -2.11. The Hall–Kier alpha value is -3.46. The van der Waals surface area contributed by atoms with Crippen LogP contribution in [0.4, 0.5) is 5.69 Å². The smallest absolute Gasteiger partial charge is 0.257 e. The highest BCUT2D eigenvalue weighted by atomic mass is 16.5. The molecule has 3 aromatic rings. The van der Waals surface area contributed by atoms with Gasteiger partial charge >= 0.3 is 0 Å². The van der Waals surface area contributed by atoms with Crippen LogP contribution in [0.15, 0.2) is 53.1 Å². The standard InChI is InChI=1S/C18H14N4O2/c1-12-20-18(24-22-12)15-6-4-14(5-7-15)17(23)21-16-8-2-13(3-9-16)10-11-19/h2-9H,10H2,1H3,(H,21,23). The maximum atomic E-state index is 12.3. The average Bonchev–Trinajstić information content (AvgIpc) is 3.03. The van der Waals surface area contributed by atoms with E-state index in [2.05, 4.69) is 21.5 Å². The Bertz CT molecular complexity index is 890. The van der Waals surface area contributed by atoms with E-state index in [0.717, 1.165) is 11.1 Å². The third-order valence-corrected chi connectivity index (χ3v) is 3.42. The van der Waals surface area contributed by atoms with Crippen LogP contribution in [0, 0.1) is 18.3 Å². The number of benzene rings is 2. The molecule has 0 fully saturated rings. The van der Waals surface area contributed by atoms with Crippen molar-refractivity contribution in [1.82, 2.24) is 10.1 Å². The summed E-state index contributed by atoms with van der Waals surface area (Å²) in [6.45, 7) is 1.75. The molecule has 118 valence electrons. The number of nitriles is 1. The van der Waals surface area contributed by atoms with Gasteiger partial charge in [-0.2, -0.15) is 10.2 Å². The Morgan fingerprint density at radius 2 is 1.88 bits per heavy atom. The highest BCUT2D eigenvalue weighted by Gasteiger charge is 2.09. The molecule has 1 amide bonds. The molecule has 0 spiro atoms. The van der Waals surface area contributed by atoms with Gasteiger partial charge in [0.1, 0.15) is 0 Å². The fraction of sp³-hybridized carbons (Fsp3) is 0.111. The maximum Gasteiger partial charge on any atom is 0.257 e. The van der Waals surface area contributed by atoms with Crippen LogP contribution in [-0.4, -0.2) is 16.0 Å². The fourth-order valence-electron chi connectivity index (χ4n) is 2.18. The number of anilines is 1. The lowest BCUT2D eigenvalue weighted by Gasteiger charge is -2.06. The third-order valence-electron chi connectivity index (χ3n) is 3.42. The molecule has 6 nitrogen and oxygen atoms in total. The minimum absolute atomic E-state index is 0.212. The van der Waals surface area contributed by atoms with Gasteiger partial charge in [-0.25, -0.2) is 0 Å². The molecule has 0 saturated heterocycles. The largest absolute Gasteiger partial charge is 0.334 e. The van der Waals surface area contributed by atoms with Crippen molar-refractivity contribution in [1.29, 1.82) is 5.26 Å². The van der Waals surface area contributed by atoms with Crippen molar-refractivity contribution in [3.05, 3.63) is 65.5 Å². The Morgan fingerprint density at radius 3 is 2.46 bits per heavy atom. The highest BCUT2D eigenvalue weighted by molar-refractivity contribution is 6.04. The summed E-state index contributed by atoms with van der Waals surface area (Å²) in [7, 11) is 0. The molecule has 0 bridgehead atoms. The second-order valence-corrected chi connectivity index (χ2v) is 5.21. The van der Waals surface area contributed by atoms with E-state index < -0.39 is 0 Å². The Labute approximate surface area is 138 Å². The summed E-state index contributed by atoms with van der Waals surface area (Å²) < 4.78 is 5.09. The number of aryl methyl sites for hydroxylation is 1. The Balaban J connectivity index is 1.70. The summed E-state index contributed by atoms with van der Waals surface area (Å²) in [4.78, 5) is 16.4. The first-order valence-electron chi connectivity index (χ1n) is 7.34. The Kier molecular flexibility index (Phi) is 4.34. The number of carbonyl (C=O) groups is 1. The van der Waals surface area contributed by atoms with Crippen molar-refractivity contribution in [3.8, 4) is 17.5 Å². The number of nitrogens with one attached hydrogen (secondary N) is 1. The second kappa shape index (κ2) is 6.75. The summed E-state index contributed by atoms with van der Waals surface area (Å²) in [5.74, 6) is 0.774. The molecule has 0 atom stereocenters. The van der Waals surface area contributed by atoms with Gasteiger partial charge in [-0.1, -0.05) is 17.3 Å². The van der Waals surface area contributed by atoms with Gasteiger partial charge in [0.05, 0.1) is 12.5 Å². The molecule has 0 unspecified atom stereocenters. The summed E-state index contributed by atoms with van der Waals surface area (Å²) in [6, 6.07) is 16.2. The highest BCUT2D eigenvalue weighted by Crippen LogP contribution is 2.18. The Morgan fingerprint density at radius 1 is 1.17 bits per heavy atom. The van der Waals surface area contributed by atoms with Crippen LogP contribution in [0.2, 0.25) is 0 Å². The summed E-state index contributed by atoms with van der Waals surface area (Å²) in [6.07, 6.45) is 0.352. The molecule has 3 rings (SSSR count). The number of carbonyl (C=O) groups excluding carboxylic acids is 1. The molecule has 0 saturated carbocycles. The molecular weight excluding hydrogens is 304 g/mol. The van der Waals surface area contributed by atoms with E-state index in [9.17, 15) is 4.79 Å². The minimum Gasteiger partial charge on any atom is -0.334 e. The van der Waals surface area contributed by atoms with Crippen molar-refractivity contribution in [2.75, 3.05) is 5.32 Å². The molecular formula is C18H14N4O2. The maximum absolute atomic E-state index is 12.3. The molecule has 0 radical (unpaired) electrons. The minimum atomic E-state index is -0.212. The first kappa shape index (κ1) is 15.4. The molecule has 1 N–H and O–H groups in total. The van der Waals surface area contributed by atoms with E-state index in [1.54, 1.807) is 43.3 Å². The van der Waals surface area contributed by atoms with Gasteiger partial charge in [-0.3, -0.25) is 4.79 Å². The van der Waals surface area contributed by atoms with Crippen LogP contribution in [0.3, 0.4) is 0 Å². The molecule has 1 heterocycles. The number of rotatable bonds is 4. The van der Waals surface area contributed by atoms with Gasteiger partial charge in [0.15, 0.2) is 5.82 Å². The normalized spacial score (nSPS) is 10.2. The van der Waals surface area contributed by atoms with Crippen molar-refractivity contribution in [3.63, 3.8) is 0 Å². The van der Waals surface area contributed by atoms with E-state index in [-0.39, 0.29) is 5.91 Å². The van der Waals surface area contributed by atoms with Crippen molar-refractivity contribution in [2.24, 2.45) is 0 Å². The van der Waals surface area contributed by atoms with Gasteiger partial charge in [0.2, 0.25) is 0 Å². The first-order chi connectivity index (χ1) is 11.7. The number of aromatic nitrogens is 2. The zero-order valence-electron chi connectivity index (χ0n) is 13.0. The zero-order valence-corrected chi connectivity index (χ0v) is 13.0. The summed E-state index contributed by atoms with van der Waals surface area (Å²) in [5, 5.41) is 15.2. The number of amides is 1. The summed E-state index contributed by atoms with van der Waals surface area (Å²) in [5.41, 5.74) is 2.87. The lowest BCUT2D eigenvalue weighted by molar-refractivity contribution is 0.102. The lowest BCUT2D eigenvalue weighted by atomic mass is 10.1. The molecule has 24 heavy (non-hydrogen) atoms. The quantitative estimate of drug-likeness (QED) is 0.796. The second-order valence-electron chi connectivity index (χ2n) is 5.21. The van der Waals surface area contributed by atoms with Gasteiger partial charge in [0.25, 0.3) is 11.8 Å². The van der Waals surface area contributed by atoms with Crippen LogP contribution >= 0.6 is 0 Å². The van der Waals surface area contributed by atoms with Gasteiger partial charge in [0, 0.05) is 16.8 Å². The number of nitrogens with zero attached hydrogens (tertiary/aromatic N) is 3. The fourth-order valence-corrected chi connectivity index (χ4v) is 2.18. The van der Waals surface area contributed by atoms with E-state index in [0.29, 0.717) is 29.4 Å². The van der Waals surface area contributed by atoms with E-state index in [4.69, 9.17) is 9.78 Å². The molecule has 0 aliphatic carbocycles. The van der Waals surface area contributed by atoms with E-state index >= 15 is 0 Å². The van der Waals surface area contributed by atoms with Crippen LogP contribution < -0.4 is 5.32 Å². The van der Waals surface area contributed by atoms with Crippen LogP contribution in [0.1, 0.15) is 21.7 Å². The summed E-state index contributed by atoms with van der Waals surface area (Å²) >= 11 is 0. The molecule has 2 aromatic carbocycles. The zero-order chi connectivity index (χ0) is 16.9. The van der Waals surface area contributed by atoms with E-state index in [1.807, 2.05) is 12.1 Å². The van der Waals surface area contributed by atoms with Crippen molar-refractivity contribution in [2.45, 2.75) is 13.3 Å². The molecule has 0 aliphatic rings. The molecule has 1 aromatic heterocycles. The molecule has 6 heteroatoms. The van der Waals surface area contributed by atoms with Gasteiger partial charge < -0.3 is 9.84 Å². The van der Waals surface area contributed by atoms with Crippen molar-refractivity contribution >= 4 is 11.6 Å². The average molecular weight is 318 g/mol. The van der Waals surface area contributed by atoms with Crippen LogP contribution in [-0.2, 0) is 6.42 Å². The molecule has 0 aliphatic heterocycles. The van der Waals surface area contributed by atoms with Gasteiger partial charge in [-0.15, -0.1) is 0 Å². The number of hydrogen-bond donors (Lipinski definition) is 1. The first-order valence-corrected chi connectivity index (χ1v) is 7.34. The topological polar surface area (TPSA) is 91.8 Å². The predicted octanol–water partition coefficient (Wildman–Crippen LogP) is 3.36. The van der Waals surface area contributed by atoms with Crippen LogP contribution in [0.25, 0.3) is 11.5 Å². The van der Waals surface area contributed by atoms with Gasteiger partial charge in [-0.05, 0) is 48.9 Å². The van der Waals surface area contributed by atoms with E-state index in [1.165, 1.54) is 0 Å². The van der Waals surface area contributed by atoms with Crippen molar-refractivity contribution < 1.29 is 9.32 Å². The third kappa shape index (κ3) is 3.47. The number of hydrogen-bond acceptors (Lipinski definition) is 5.